The molecule has 3 heteroatoms. The van der Waals surface area contributed by atoms with Gasteiger partial charge in [0.2, 0.25) is 0 Å². The number of hydrogen-bond donors (Lipinski definition) is 0. The Morgan fingerprint density at radius 3 is 2.48 bits per heavy atom. The third-order valence-electron chi connectivity index (χ3n) is 3.39. The highest BCUT2D eigenvalue weighted by molar-refractivity contribution is 6.30. The van der Waals surface area contributed by atoms with Gasteiger partial charge in [-0.15, -0.1) is 11.6 Å². The number of halogens is 2. The van der Waals surface area contributed by atoms with E-state index in [2.05, 4.69) is 0 Å². The van der Waals surface area contributed by atoms with E-state index in [0.717, 1.165) is 23.1 Å². The molecule has 0 aromatic heterocycles. The molecular formula is C18H16Cl2O. The monoisotopic (exact) mass is 318 g/mol. The zero-order valence-electron chi connectivity index (χ0n) is 11.8. The van der Waals surface area contributed by atoms with Gasteiger partial charge in [0.05, 0.1) is 0 Å². The van der Waals surface area contributed by atoms with Crippen molar-refractivity contribution in [2.45, 2.75) is 13.3 Å². The highest BCUT2D eigenvalue weighted by Crippen LogP contribution is 2.20. The van der Waals surface area contributed by atoms with Crippen LogP contribution in [0.15, 0.2) is 54.6 Å². The van der Waals surface area contributed by atoms with Gasteiger partial charge in [-0.2, -0.15) is 0 Å². The quantitative estimate of drug-likeness (QED) is 0.420. The van der Waals surface area contributed by atoms with Crippen LogP contribution in [0.25, 0.3) is 0 Å². The second-order valence-electron chi connectivity index (χ2n) is 4.76. The minimum Gasteiger partial charge on any atom is -0.289 e. The first-order valence-electron chi connectivity index (χ1n) is 6.73. The first-order chi connectivity index (χ1) is 10.1. The number of benzene rings is 2. The Kier molecular flexibility index (Phi) is 5.60. The molecule has 0 fully saturated rings. The molecule has 2 rings (SSSR count). The summed E-state index contributed by atoms with van der Waals surface area (Å²) in [5.41, 5.74) is 3.53. The number of allylic oxidation sites excluding steroid dienone is 2. The number of hydrogen-bond acceptors (Lipinski definition) is 1. The lowest BCUT2D eigenvalue weighted by molar-refractivity contribution is 0.103. The maximum absolute atomic E-state index is 12.6. The average molecular weight is 319 g/mol. The molecule has 0 bridgehead atoms. The molecule has 0 saturated heterocycles. The van der Waals surface area contributed by atoms with E-state index in [9.17, 15) is 4.79 Å². The summed E-state index contributed by atoms with van der Waals surface area (Å²) in [5.74, 6) is 0.523. The summed E-state index contributed by atoms with van der Waals surface area (Å²) in [4.78, 5) is 12.6. The van der Waals surface area contributed by atoms with Gasteiger partial charge in [-0.1, -0.05) is 42.0 Å². The van der Waals surface area contributed by atoms with Gasteiger partial charge < -0.3 is 0 Å². The van der Waals surface area contributed by atoms with Crippen LogP contribution in [0.2, 0.25) is 5.02 Å². The third kappa shape index (κ3) is 3.96. The summed E-state index contributed by atoms with van der Waals surface area (Å²) in [6, 6.07) is 12.8. The fourth-order valence-corrected chi connectivity index (χ4v) is 2.43. The molecule has 1 nitrogen and oxygen atoms in total. The molecule has 0 N–H and O–H groups in total. The Hall–Kier alpha value is -1.57. The molecule has 108 valence electrons. The van der Waals surface area contributed by atoms with Crippen LogP contribution < -0.4 is 0 Å². The van der Waals surface area contributed by atoms with E-state index in [4.69, 9.17) is 23.2 Å². The van der Waals surface area contributed by atoms with E-state index < -0.39 is 0 Å². The summed E-state index contributed by atoms with van der Waals surface area (Å²) >= 11 is 11.5. The zero-order valence-corrected chi connectivity index (χ0v) is 13.3. The molecule has 0 aliphatic carbocycles. The highest BCUT2D eigenvalue weighted by Gasteiger charge is 2.13. The number of rotatable bonds is 5. The van der Waals surface area contributed by atoms with E-state index in [-0.39, 0.29) is 5.78 Å². The van der Waals surface area contributed by atoms with E-state index in [1.165, 1.54) is 0 Å². The van der Waals surface area contributed by atoms with Gasteiger partial charge in [-0.25, -0.2) is 0 Å². The summed E-state index contributed by atoms with van der Waals surface area (Å²) in [6.07, 6.45) is 4.71. The first kappa shape index (κ1) is 15.8. The predicted molar refractivity (Wildman–Crippen MR) is 89.6 cm³/mol. The molecule has 0 atom stereocenters. The Bertz CT molecular complexity index is 657. The van der Waals surface area contributed by atoms with Crippen molar-refractivity contribution >= 4 is 29.0 Å². The fourth-order valence-electron chi connectivity index (χ4n) is 2.18. The molecule has 2 aromatic rings. The SMILES string of the molecule is Cc1c(CC=CCCl)cccc1C(=O)c1ccc(Cl)cc1. The lowest BCUT2D eigenvalue weighted by Crippen LogP contribution is -2.05. The molecular weight excluding hydrogens is 303 g/mol. The van der Waals surface area contributed by atoms with Crippen molar-refractivity contribution in [2.24, 2.45) is 0 Å². The van der Waals surface area contributed by atoms with E-state index >= 15 is 0 Å². The van der Waals surface area contributed by atoms with E-state index in [1.54, 1.807) is 24.3 Å². The van der Waals surface area contributed by atoms with Crippen LogP contribution >= 0.6 is 23.2 Å². The first-order valence-corrected chi connectivity index (χ1v) is 7.64. The maximum Gasteiger partial charge on any atom is 0.193 e. The van der Waals surface area contributed by atoms with Crippen molar-refractivity contribution in [3.05, 3.63) is 81.9 Å². The molecule has 0 aliphatic rings. The van der Waals surface area contributed by atoms with Gasteiger partial charge in [-0.05, 0) is 48.7 Å². The summed E-state index contributed by atoms with van der Waals surface area (Å²) in [6.45, 7) is 1.98. The highest BCUT2D eigenvalue weighted by atomic mass is 35.5. The molecule has 21 heavy (non-hydrogen) atoms. The molecule has 0 aliphatic heterocycles. The summed E-state index contributed by atoms with van der Waals surface area (Å²) < 4.78 is 0. The van der Waals surface area contributed by atoms with Gasteiger partial charge in [0.1, 0.15) is 0 Å². The van der Waals surface area contributed by atoms with Crippen LogP contribution in [0, 0.1) is 6.92 Å². The molecule has 0 spiro atoms. The number of carbonyl (C=O) groups excluding carboxylic acids is 1. The maximum atomic E-state index is 12.6. The minimum absolute atomic E-state index is 0.0207. The van der Waals surface area contributed by atoms with Crippen LogP contribution in [-0.2, 0) is 6.42 Å². The van der Waals surface area contributed by atoms with Crippen molar-refractivity contribution < 1.29 is 4.79 Å². The predicted octanol–water partition coefficient (Wildman–Crippen LogP) is 5.22. The molecule has 0 heterocycles. The topological polar surface area (TPSA) is 17.1 Å². The van der Waals surface area contributed by atoms with Gasteiger partial charge in [0.15, 0.2) is 5.78 Å². The third-order valence-corrected chi connectivity index (χ3v) is 3.82. The van der Waals surface area contributed by atoms with E-state index in [1.807, 2.05) is 37.3 Å². The molecule has 0 unspecified atom stereocenters. The van der Waals surface area contributed by atoms with Gasteiger partial charge in [0.25, 0.3) is 0 Å². The molecule has 0 radical (unpaired) electrons. The van der Waals surface area contributed by atoms with E-state index in [0.29, 0.717) is 16.5 Å². The van der Waals surface area contributed by atoms with Crippen molar-refractivity contribution in [1.82, 2.24) is 0 Å². The van der Waals surface area contributed by atoms with Crippen LogP contribution in [0.4, 0.5) is 0 Å². The Morgan fingerprint density at radius 1 is 1.10 bits per heavy atom. The molecule has 0 amide bonds. The number of carbonyl (C=O) groups is 1. The Balaban J connectivity index is 2.31. The van der Waals surface area contributed by atoms with Crippen molar-refractivity contribution in [3.63, 3.8) is 0 Å². The fraction of sp³-hybridized carbons (Fsp3) is 0.167. The summed E-state index contributed by atoms with van der Waals surface area (Å²) in [5, 5.41) is 0.628. The zero-order chi connectivity index (χ0) is 15.2. The smallest absolute Gasteiger partial charge is 0.193 e. The lowest BCUT2D eigenvalue weighted by Gasteiger charge is -2.09. The van der Waals surface area contributed by atoms with Crippen molar-refractivity contribution in [2.75, 3.05) is 5.88 Å². The van der Waals surface area contributed by atoms with Gasteiger partial charge >= 0.3 is 0 Å². The molecule has 0 saturated carbocycles. The molecule has 2 aromatic carbocycles. The second kappa shape index (κ2) is 7.44. The normalized spacial score (nSPS) is 11.0. The van der Waals surface area contributed by atoms with Gasteiger partial charge in [0, 0.05) is 22.0 Å². The van der Waals surface area contributed by atoms with Crippen LogP contribution in [0.3, 0.4) is 0 Å². The lowest BCUT2D eigenvalue weighted by atomic mass is 9.94. The van der Waals surface area contributed by atoms with Crippen LogP contribution in [0.1, 0.15) is 27.0 Å². The average Bonchev–Trinajstić information content (AvgIpc) is 2.49. The Labute approximate surface area is 135 Å². The van der Waals surface area contributed by atoms with Gasteiger partial charge in [-0.3, -0.25) is 4.79 Å². The number of ketones is 1. The Morgan fingerprint density at radius 2 is 1.81 bits per heavy atom. The van der Waals surface area contributed by atoms with Crippen LogP contribution in [-0.4, -0.2) is 11.7 Å². The summed E-state index contributed by atoms with van der Waals surface area (Å²) in [7, 11) is 0. The largest absolute Gasteiger partial charge is 0.289 e. The second-order valence-corrected chi connectivity index (χ2v) is 5.50. The standard InChI is InChI=1S/C18H16Cl2O/c1-13-14(5-2-3-12-19)6-4-7-17(13)18(21)15-8-10-16(20)11-9-15/h2-4,6-11H,5,12H2,1H3. The minimum atomic E-state index is 0.0207. The number of alkyl halides is 1. The van der Waals surface area contributed by atoms with Crippen molar-refractivity contribution in [3.8, 4) is 0 Å². The van der Waals surface area contributed by atoms with Crippen LogP contribution in [0.5, 0.6) is 0 Å². The van der Waals surface area contributed by atoms with Crippen molar-refractivity contribution in [1.29, 1.82) is 0 Å².